The fourth-order valence-corrected chi connectivity index (χ4v) is 3.68. The molecule has 18 heavy (non-hydrogen) atoms. The second kappa shape index (κ2) is 4.56. The molecule has 3 rings (SSSR count). The lowest BCUT2D eigenvalue weighted by Gasteiger charge is -2.33. The van der Waals surface area contributed by atoms with Crippen LogP contribution in [0.25, 0.3) is 0 Å². The number of fused-ring (bicyclic) bond motifs is 2. The molecule has 0 heterocycles. The Kier molecular flexibility index (Phi) is 3.04. The molecule has 1 saturated carbocycles. The van der Waals surface area contributed by atoms with Crippen molar-refractivity contribution < 1.29 is 9.53 Å². The minimum absolute atomic E-state index is 0.0419. The van der Waals surface area contributed by atoms with Gasteiger partial charge in [0.15, 0.2) is 0 Å². The molecule has 4 atom stereocenters. The number of carbonyl (C=O) groups is 1. The lowest BCUT2D eigenvalue weighted by Crippen LogP contribution is -2.37. The van der Waals surface area contributed by atoms with E-state index in [4.69, 9.17) is 4.74 Å². The van der Waals surface area contributed by atoms with Crippen molar-refractivity contribution in [1.29, 1.82) is 0 Å². The van der Waals surface area contributed by atoms with Crippen molar-refractivity contribution in [2.24, 2.45) is 17.8 Å². The molecule has 0 aromatic heterocycles. The van der Waals surface area contributed by atoms with Gasteiger partial charge in [0.25, 0.3) is 0 Å². The van der Waals surface area contributed by atoms with Crippen molar-refractivity contribution >= 4 is 5.97 Å². The van der Waals surface area contributed by atoms with Crippen LogP contribution in [-0.4, -0.2) is 11.6 Å². The normalized spacial score (nSPS) is 41.3. The molecule has 0 saturated heterocycles. The topological polar surface area (TPSA) is 26.3 Å². The summed E-state index contributed by atoms with van der Waals surface area (Å²) in [6, 6.07) is 0. The molecule has 2 bridgehead atoms. The molecule has 0 N–H and O–H groups in total. The number of hydrogen-bond acceptors (Lipinski definition) is 2. The van der Waals surface area contributed by atoms with Crippen molar-refractivity contribution in [1.82, 2.24) is 0 Å². The van der Waals surface area contributed by atoms with E-state index in [-0.39, 0.29) is 17.5 Å². The van der Waals surface area contributed by atoms with E-state index in [2.05, 4.69) is 31.2 Å². The van der Waals surface area contributed by atoms with Crippen LogP contribution in [0.3, 0.4) is 0 Å². The Morgan fingerprint density at radius 2 is 2.28 bits per heavy atom. The molecule has 3 aliphatic rings. The number of rotatable bonds is 3. The molecule has 2 nitrogen and oxygen atoms in total. The lowest BCUT2D eigenvalue weighted by atomic mass is 9.87. The maximum Gasteiger partial charge on any atom is 0.310 e. The van der Waals surface area contributed by atoms with Crippen LogP contribution in [-0.2, 0) is 9.53 Å². The van der Waals surface area contributed by atoms with Gasteiger partial charge in [0.2, 0.25) is 0 Å². The molecule has 0 radical (unpaired) electrons. The van der Waals surface area contributed by atoms with E-state index in [0.717, 1.165) is 38.5 Å². The molecule has 4 unspecified atom stereocenters. The van der Waals surface area contributed by atoms with Crippen molar-refractivity contribution in [2.45, 2.75) is 51.0 Å². The first-order chi connectivity index (χ1) is 8.72. The molecule has 1 fully saturated rings. The highest BCUT2D eigenvalue weighted by Gasteiger charge is 2.43. The third-order valence-electron chi connectivity index (χ3n) is 4.88. The van der Waals surface area contributed by atoms with Crippen LogP contribution >= 0.6 is 0 Å². The van der Waals surface area contributed by atoms with Crippen LogP contribution in [0.1, 0.15) is 45.4 Å². The van der Waals surface area contributed by atoms with Crippen LogP contribution in [0.15, 0.2) is 24.3 Å². The first-order valence-electron chi connectivity index (χ1n) is 7.31. The number of hydrogen-bond donors (Lipinski definition) is 0. The van der Waals surface area contributed by atoms with Crippen LogP contribution in [0.4, 0.5) is 0 Å². The van der Waals surface area contributed by atoms with Crippen LogP contribution in [0.2, 0.25) is 0 Å². The lowest BCUT2D eigenvalue weighted by molar-refractivity contribution is -0.162. The molecular formula is C16H22O2. The molecule has 0 aliphatic heterocycles. The van der Waals surface area contributed by atoms with E-state index >= 15 is 0 Å². The van der Waals surface area contributed by atoms with Gasteiger partial charge >= 0.3 is 5.97 Å². The van der Waals surface area contributed by atoms with Gasteiger partial charge in [-0.25, -0.2) is 0 Å². The summed E-state index contributed by atoms with van der Waals surface area (Å²) in [5.74, 6) is 1.25. The Balaban J connectivity index is 1.68. The zero-order chi connectivity index (χ0) is 12.6. The monoisotopic (exact) mass is 246 g/mol. The highest BCUT2D eigenvalue weighted by atomic mass is 16.6. The Bertz CT molecular complexity index is 396. The summed E-state index contributed by atoms with van der Waals surface area (Å²) in [7, 11) is 0. The fraction of sp³-hybridized carbons (Fsp3) is 0.688. The quantitative estimate of drug-likeness (QED) is 0.561. The van der Waals surface area contributed by atoms with E-state index in [0.29, 0.717) is 11.8 Å². The molecule has 2 heteroatoms. The molecule has 0 spiro atoms. The van der Waals surface area contributed by atoms with Crippen LogP contribution in [0, 0.1) is 17.8 Å². The minimum Gasteiger partial charge on any atom is -0.455 e. The first kappa shape index (κ1) is 12.0. The predicted molar refractivity (Wildman–Crippen MR) is 70.9 cm³/mol. The van der Waals surface area contributed by atoms with Crippen molar-refractivity contribution in [3.8, 4) is 0 Å². The highest BCUT2D eigenvalue weighted by Crippen LogP contribution is 2.45. The maximum absolute atomic E-state index is 12.4. The molecule has 3 aliphatic carbocycles. The predicted octanol–water partition coefficient (Wildman–Crippen LogP) is 3.63. The average molecular weight is 246 g/mol. The van der Waals surface area contributed by atoms with Gasteiger partial charge in [0.1, 0.15) is 5.60 Å². The summed E-state index contributed by atoms with van der Waals surface area (Å²) >= 11 is 0. The fourth-order valence-electron chi connectivity index (χ4n) is 3.68. The van der Waals surface area contributed by atoms with Gasteiger partial charge < -0.3 is 4.74 Å². The summed E-state index contributed by atoms with van der Waals surface area (Å²) in [6.45, 7) is 2.11. The van der Waals surface area contributed by atoms with E-state index in [1.807, 2.05) is 0 Å². The van der Waals surface area contributed by atoms with Crippen molar-refractivity contribution in [2.75, 3.05) is 0 Å². The highest BCUT2D eigenvalue weighted by molar-refractivity contribution is 5.74. The van der Waals surface area contributed by atoms with Gasteiger partial charge in [-0.3, -0.25) is 4.79 Å². The summed E-state index contributed by atoms with van der Waals surface area (Å²) < 4.78 is 5.91. The Morgan fingerprint density at radius 3 is 2.83 bits per heavy atom. The van der Waals surface area contributed by atoms with E-state index in [9.17, 15) is 4.79 Å². The van der Waals surface area contributed by atoms with E-state index in [1.54, 1.807) is 0 Å². The molecule has 98 valence electrons. The van der Waals surface area contributed by atoms with Crippen molar-refractivity contribution in [3.63, 3.8) is 0 Å². The van der Waals surface area contributed by atoms with Gasteiger partial charge in [-0.2, -0.15) is 0 Å². The van der Waals surface area contributed by atoms with Gasteiger partial charge in [-0.1, -0.05) is 25.2 Å². The molecule has 0 aromatic carbocycles. The van der Waals surface area contributed by atoms with E-state index in [1.165, 1.54) is 0 Å². The second-order valence-electron chi connectivity index (χ2n) is 6.02. The van der Waals surface area contributed by atoms with Gasteiger partial charge in [0.05, 0.1) is 5.92 Å². The Labute approximate surface area is 109 Å². The number of ether oxygens (including phenoxy) is 1. The summed E-state index contributed by atoms with van der Waals surface area (Å²) in [5, 5.41) is 0. The number of esters is 1. The van der Waals surface area contributed by atoms with Gasteiger partial charge in [-0.15, -0.1) is 0 Å². The summed E-state index contributed by atoms with van der Waals surface area (Å²) in [4.78, 5) is 12.4. The summed E-state index contributed by atoms with van der Waals surface area (Å²) in [6.07, 6.45) is 15.1. The van der Waals surface area contributed by atoms with Gasteiger partial charge in [0, 0.05) is 0 Å². The van der Waals surface area contributed by atoms with Crippen LogP contribution < -0.4 is 0 Å². The summed E-state index contributed by atoms with van der Waals surface area (Å²) in [5.41, 5.74) is -0.305. The largest absolute Gasteiger partial charge is 0.455 e. The van der Waals surface area contributed by atoms with Crippen LogP contribution in [0.5, 0.6) is 0 Å². The first-order valence-corrected chi connectivity index (χ1v) is 7.31. The SMILES string of the molecule is CCC1(OC(=O)C2CC3C=CC2C3)C=CCCC1. The smallest absolute Gasteiger partial charge is 0.310 e. The molecule has 0 amide bonds. The maximum atomic E-state index is 12.4. The third kappa shape index (κ3) is 2.02. The molecular weight excluding hydrogens is 224 g/mol. The zero-order valence-electron chi connectivity index (χ0n) is 11.1. The third-order valence-corrected chi connectivity index (χ3v) is 4.88. The van der Waals surface area contributed by atoms with E-state index < -0.39 is 0 Å². The Hall–Kier alpha value is -1.05. The van der Waals surface area contributed by atoms with Crippen molar-refractivity contribution in [3.05, 3.63) is 24.3 Å². The second-order valence-corrected chi connectivity index (χ2v) is 6.02. The van der Waals surface area contributed by atoms with Gasteiger partial charge in [-0.05, 0) is 56.4 Å². The number of carbonyl (C=O) groups excluding carboxylic acids is 1. The minimum atomic E-state index is -0.305. The Morgan fingerprint density at radius 1 is 1.39 bits per heavy atom. The number of allylic oxidation sites excluding steroid dienone is 3. The standard InChI is InChI=1S/C16H22O2/c1-2-16(8-4-3-5-9-16)18-15(17)14-11-12-6-7-13(14)10-12/h4,6-8,12-14H,2-3,5,9-11H2,1H3. The average Bonchev–Trinajstić information content (AvgIpc) is 3.02. The zero-order valence-corrected chi connectivity index (χ0v) is 11.1. The molecule has 0 aromatic rings.